The minimum absolute atomic E-state index is 0.155. The fraction of sp³-hybridized carbons (Fsp3) is 0.143. The highest BCUT2D eigenvalue weighted by atomic mass is 79.9. The molecule has 2 heterocycles. The number of pyridine rings is 1. The summed E-state index contributed by atoms with van der Waals surface area (Å²) in [5.41, 5.74) is 1.69. The van der Waals surface area contributed by atoms with Crippen LogP contribution in [0.15, 0.2) is 46.2 Å². The minimum Gasteiger partial charge on any atom is -0.462 e. The second-order valence-corrected chi connectivity index (χ2v) is 8.49. The van der Waals surface area contributed by atoms with Crippen molar-refractivity contribution in [1.82, 2.24) is 14.8 Å². The summed E-state index contributed by atoms with van der Waals surface area (Å²) < 4.78 is 6.66. The van der Waals surface area contributed by atoms with Gasteiger partial charge in [-0.2, -0.15) is 5.10 Å². The van der Waals surface area contributed by atoms with Crippen LogP contribution in [0.25, 0.3) is 11.9 Å². The molecule has 0 aliphatic carbocycles. The molecule has 0 fully saturated rings. The highest BCUT2D eigenvalue weighted by Gasteiger charge is 2.21. The van der Waals surface area contributed by atoms with Gasteiger partial charge in [-0.15, -0.1) is 0 Å². The van der Waals surface area contributed by atoms with E-state index in [1.807, 2.05) is 0 Å². The Bertz CT molecular complexity index is 1230. The van der Waals surface area contributed by atoms with Crippen LogP contribution in [0.1, 0.15) is 28.5 Å². The van der Waals surface area contributed by atoms with Crippen molar-refractivity contribution >= 4 is 74.4 Å². The number of anilines is 1. The molecule has 0 radical (unpaired) electrons. The zero-order valence-electron chi connectivity index (χ0n) is 16.8. The highest BCUT2D eigenvalue weighted by molar-refractivity contribution is 9.10. The third kappa shape index (κ3) is 5.50. The third-order valence-corrected chi connectivity index (χ3v) is 5.34. The largest absolute Gasteiger partial charge is 0.462 e. The molecule has 32 heavy (non-hydrogen) atoms. The molecule has 0 unspecified atom stereocenters. The molecule has 0 aliphatic heterocycles. The average Bonchev–Trinajstić information content (AvgIpc) is 3.12. The number of hydrogen-bond donors (Lipinski definition) is 1. The quantitative estimate of drug-likeness (QED) is 0.295. The number of esters is 1. The van der Waals surface area contributed by atoms with E-state index >= 15 is 0 Å². The van der Waals surface area contributed by atoms with Crippen LogP contribution in [0.2, 0.25) is 10.0 Å². The van der Waals surface area contributed by atoms with Crippen molar-refractivity contribution in [3.8, 4) is 5.82 Å². The van der Waals surface area contributed by atoms with Crippen molar-refractivity contribution in [2.24, 2.45) is 0 Å². The van der Waals surface area contributed by atoms with Gasteiger partial charge < -0.3 is 10.1 Å². The van der Waals surface area contributed by atoms with Crippen LogP contribution in [0, 0.1) is 6.92 Å². The fourth-order valence-electron chi connectivity index (χ4n) is 2.84. The number of carbonyl (C=O) groups excluding carboxylic acids is 2. The maximum Gasteiger partial charge on any atom is 0.349 e. The number of amides is 1. The van der Waals surface area contributed by atoms with Crippen LogP contribution >= 0.6 is 50.7 Å². The van der Waals surface area contributed by atoms with Gasteiger partial charge in [-0.25, -0.2) is 14.5 Å². The predicted octanol–water partition coefficient (Wildman–Crippen LogP) is 6.04. The Morgan fingerprint density at radius 1 is 1.28 bits per heavy atom. The Balaban J connectivity index is 2.02. The molecule has 7 nitrogen and oxygen atoms in total. The van der Waals surface area contributed by atoms with Gasteiger partial charge in [-0.3, -0.25) is 4.79 Å². The van der Waals surface area contributed by atoms with Gasteiger partial charge in [0.05, 0.1) is 17.3 Å². The van der Waals surface area contributed by atoms with E-state index in [0.29, 0.717) is 37.3 Å². The summed E-state index contributed by atoms with van der Waals surface area (Å²) in [6.07, 6.45) is 2.93. The van der Waals surface area contributed by atoms with Gasteiger partial charge in [-0.05, 0) is 65.7 Å². The van der Waals surface area contributed by atoms with E-state index < -0.39 is 11.9 Å². The summed E-state index contributed by atoms with van der Waals surface area (Å²) in [5, 5.41) is 7.68. The topological polar surface area (TPSA) is 86.1 Å². The number of carbonyl (C=O) groups is 2. The Morgan fingerprint density at radius 3 is 2.72 bits per heavy atom. The number of halogens is 4. The summed E-state index contributed by atoms with van der Waals surface area (Å²) in [7, 11) is 0. The van der Waals surface area contributed by atoms with Crippen molar-refractivity contribution in [3.05, 3.63) is 73.0 Å². The first-order valence-corrected chi connectivity index (χ1v) is 11.2. The van der Waals surface area contributed by atoms with E-state index in [1.165, 1.54) is 16.8 Å². The Morgan fingerprint density at radius 2 is 2.03 bits per heavy atom. The second-order valence-electron chi connectivity index (χ2n) is 6.43. The lowest BCUT2D eigenvalue weighted by Crippen LogP contribution is -2.19. The fourth-order valence-corrected chi connectivity index (χ4v) is 3.87. The Labute approximate surface area is 207 Å². The number of hydrogen-bond acceptors (Lipinski definition) is 5. The van der Waals surface area contributed by atoms with Gasteiger partial charge in [0.15, 0.2) is 5.82 Å². The van der Waals surface area contributed by atoms with E-state index in [1.54, 1.807) is 44.3 Å². The molecule has 1 amide bonds. The lowest BCUT2D eigenvalue weighted by Gasteiger charge is -2.14. The zero-order chi connectivity index (χ0) is 23.4. The van der Waals surface area contributed by atoms with Crippen LogP contribution < -0.4 is 5.32 Å². The molecule has 3 rings (SSSR count). The van der Waals surface area contributed by atoms with Crippen molar-refractivity contribution in [1.29, 1.82) is 0 Å². The third-order valence-electron chi connectivity index (χ3n) is 4.17. The monoisotopic (exact) mass is 556 g/mol. The maximum atomic E-state index is 13.2. The van der Waals surface area contributed by atoms with Gasteiger partial charge in [0, 0.05) is 22.8 Å². The lowest BCUT2D eigenvalue weighted by molar-refractivity contribution is -0.137. The molecule has 2 aromatic heterocycles. The van der Waals surface area contributed by atoms with Gasteiger partial charge in [0.2, 0.25) is 0 Å². The van der Waals surface area contributed by atoms with Gasteiger partial charge in [0.1, 0.15) is 15.3 Å². The second kappa shape index (κ2) is 10.5. The molecule has 0 aliphatic rings. The zero-order valence-corrected chi connectivity index (χ0v) is 20.7. The summed E-state index contributed by atoms with van der Waals surface area (Å²) in [6, 6.07) is 8.11. The Hall–Kier alpha value is -2.39. The van der Waals surface area contributed by atoms with Crippen LogP contribution in [0.5, 0.6) is 0 Å². The van der Waals surface area contributed by atoms with E-state index in [-0.39, 0.29) is 17.3 Å². The van der Waals surface area contributed by atoms with E-state index in [0.717, 1.165) is 0 Å². The van der Waals surface area contributed by atoms with Crippen LogP contribution in [-0.2, 0) is 9.53 Å². The molecule has 166 valence electrons. The summed E-state index contributed by atoms with van der Waals surface area (Å²) in [6.45, 7) is 3.61. The molecule has 1 N–H and O–H groups in total. The molecule has 3 aromatic rings. The number of benzene rings is 1. The predicted molar refractivity (Wildman–Crippen MR) is 129 cm³/mol. The van der Waals surface area contributed by atoms with Crippen molar-refractivity contribution < 1.29 is 14.3 Å². The smallest absolute Gasteiger partial charge is 0.349 e. The normalized spacial score (nSPS) is 11.4. The first kappa shape index (κ1) is 24.3. The molecule has 0 spiro atoms. The number of aryl methyl sites for hydroxylation is 1. The van der Waals surface area contributed by atoms with Crippen molar-refractivity contribution in [2.75, 3.05) is 11.9 Å². The van der Waals surface area contributed by atoms with Crippen LogP contribution in [-0.4, -0.2) is 33.2 Å². The summed E-state index contributed by atoms with van der Waals surface area (Å²) in [4.78, 5) is 29.3. The van der Waals surface area contributed by atoms with E-state index in [2.05, 4.69) is 31.3 Å². The molecular formula is C21H16BrCl3N4O3. The average molecular weight is 559 g/mol. The summed E-state index contributed by atoms with van der Waals surface area (Å²) >= 11 is 21.8. The van der Waals surface area contributed by atoms with E-state index in [9.17, 15) is 9.59 Å². The van der Waals surface area contributed by atoms with Crippen molar-refractivity contribution in [3.63, 3.8) is 0 Å². The van der Waals surface area contributed by atoms with Gasteiger partial charge in [-0.1, -0.05) is 34.8 Å². The molecular weight excluding hydrogens is 543 g/mol. The first-order valence-electron chi connectivity index (χ1n) is 9.23. The molecule has 0 saturated heterocycles. The molecule has 0 saturated carbocycles. The molecule has 0 atom stereocenters. The SMILES string of the molecule is CCOC(=O)/C(Cl)=C/c1cc(Cl)cc(C)c1NC(=O)c1cc(Br)nn1-c1ncccc1Cl. The first-order chi connectivity index (χ1) is 15.2. The summed E-state index contributed by atoms with van der Waals surface area (Å²) in [5.74, 6) is -0.878. The van der Waals surface area contributed by atoms with Crippen LogP contribution in [0.4, 0.5) is 5.69 Å². The number of ether oxygens (including phenoxy) is 1. The number of rotatable bonds is 6. The highest BCUT2D eigenvalue weighted by Crippen LogP contribution is 2.30. The molecule has 0 bridgehead atoms. The van der Waals surface area contributed by atoms with Crippen molar-refractivity contribution in [2.45, 2.75) is 13.8 Å². The van der Waals surface area contributed by atoms with Gasteiger partial charge in [0.25, 0.3) is 5.91 Å². The molecule has 1 aromatic carbocycles. The Kier molecular flexibility index (Phi) is 7.95. The maximum absolute atomic E-state index is 13.2. The molecule has 11 heteroatoms. The van der Waals surface area contributed by atoms with Crippen LogP contribution in [0.3, 0.4) is 0 Å². The van der Waals surface area contributed by atoms with E-state index in [4.69, 9.17) is 39.5 Å². The lowest BCUT2D eigenvalue weighted by atomic mass is 10.1. The number of nitrogens with one attached hydrogen (secondary N) is 1. The standard InChI is InChI=1S/C21H16BrCl3N4O3/c1-3-32-21(31)15(25)9-12-8-13(23)7-11(2)18(12)27-20(30)16-10-17(22)28-29(16)19-14(24)5-4-6-26-19/h4-10H,3H2,1-2H3,(H,27,30)/b15-9-. The minimum atomic E-state index is -0.684. The number of aromatic nitrogens is 3. The number of nitrogens with zero attached hydrogens (tertiary/aromatic N) is 3. The van der Waals surface area contributed by atoms with Gasteiger partial charge >= 0.3 is 5.97 Å².